The van der Waals surface area contributed by atoms with Crippen molar-refractivity contribution in [1.29, 1.82) is 0 Å². The molecule has 0 aromatic heterocycles. The lowest BCUT2D eigenvalue weighted by atomic mass is 10.0. The minimum absolute atomic E-state index is 0.0324. The minimum Gasteiger partial charge on any atom is -0.378 e. The average Bonchev–Trinajstić information content (AvgIpc) is 2.85. The van der Waals surface area contributed by atoms with Crippen molar-refractivity contribution in [3.8, 4) is 11.8 Å². The van der Waals surface area contributed by atoms with Gasteiger partial charge in [-0.15, -0.1) is 0 Å². The van der Waals surface area contributed by atoms with Gasteiger partial charge in [0.05, 0.1) is 23.6 Å². The Hall–Kier alpha value is -1.54. The fourth-order valence-electron chi connectivity index (χ4n) is 2.16. The molecule has 0 saturated carbocycles. The maximum Gasteiger partial charge on any atom is 0.230 e. The van der Waals surface area contributed by atoms with E-state index < -0.39 is 0 Å². The third-order valence-corrected chi connectivity index (χ3v) is 3.60. The number of benzene rings is 1. The van der Waals surface area contributed by atoms with Gasteiger partial charge in [0.2, 0.25) is 5.91 Å². The molecule has 1 aliphatic rings. The Morgan fingerprint density at radius 2 is 2.40 bits per heavy atom. The molecule has 1 amide bonds. The Morgan fingerprint density at radius 1 is 1.60 bits per heavy atom. The maximum absolute atomic E-state index is 12.2. The average molecular weight is 293 g/mol. The van der Waals surface area contributed by atoms with E-state index in [1.807, 2.05) is 6.92 Å². The molecule has 0 spiro atoms. The SMILES string of the molecule is CC1OCCC1C(=O)Nc1ccc(Cl)c(C#CCN)c1. The topological polar surface area (TPSA) is 64.3 Å². The van der Waals surface area contributed by atoms with Crippen molar-refractivity contribution >= 4 is 23.2 Å². The minimum atomic E-state index is -0.107. The zero-order chi connectivity index (χ0) is 14.5. The molecule has 2 rings (SSSR count). The Labute approximate surface area is 123 Å². The second-order valence-electron chi connectivity index (χ2n) is 4.66. The summed E-state index contributed by atoms with van der Waals surface area (Å²) in [7, 11) is 0. The molecule has 1 aromatic rings. The summed E-state index contributed by atoms with van der Waals surface area (Å²) in [4.78, 5) is 12.2. The molecule has 106 valence electrons. The van der Waals surface area contributed by atoms with Crippen LogP contribution in [-0.2, 0) is 9.53 Å². The second kappa shape index (κ2) is 6.76. The predicted molar refractivity (Wildman–Crippen MR) is 79.5 cm³/mol. The monoisotopic (exact) mass is 292 g/mol. The van der Waals surface area contributed by atoms with E-state index in [4.69, 9.17) is 22.1 Å². The van der Waals surface area contributed by atoms with Crippen molar-refractivity contribution in [2.75, 3.05) is 18.5 Å². The standard InChI is InChI=1S/C15H17ClN2O2/c1-10-13(6-8-20-10)15(19)18-12-4-5-14(16)11(9-12)3-2-7-17/h4-5,9-10,13H,6-8,17H2,1H3,(H,18,19). The van der Waals surface area contributed by atoms with Crippen molar-refractivity contribution in [1.82, 2.24) is 0 Å². The lowest BCUT2D eigenvalue weighted by molar-refractivity contribution is -0.121. The molecule has 1 saturated heterocycles. The number of nitrogens with one attached hydrogen (secondary N) is 1. The van der Waals surface area contributed by atoms with Crippen LogP contribution in [0.4, 0.5) is 5.69 Å². The highest BCUT2D eigenvalue weighted by Crippen LogP contribution is 2.24. The third kappa shape index (κ3) is 3.51. The van der Waals surface area contributed by atoms with Crippen LogP contribution in [-0.4, -0.2) is 25.2 Å². The first-order valence-corrected chi connectivity index (χ1v) is 6.90. The third-order valence-electron chi connectivity index (χ3n) is 3.27. The molecule has 1 fully saturated rings. The molecule has 4 nitrogen and oxygen atoms in total. The quantitative estimate of drug-likeness (QED) is 0.820. The van der Waals surface area contributed by atoms with E-state index in [0.29, 0.717) is 22.9 Å². The largest absolute Gasteiger partial charge is 0.378 e. The zero-order valence-electron chi connectivity index (χ0n) is 11.3. The Kier molecular flexibility index (Phi) is 5.02. The van der Waals surface area contributed by atoms with Crippen LogP contribution in [0.2, 0.25) is 5.02 Å². The summed E-state index contributed by atoms with van der Waals surface area (Å²) in [5, 5.41) is 3.42. The molecule has 3 N–H and O–H groups in total. The molecule has 0 aliphatic carbocycles. The number of nitrogens with two attached hydrogens (primary N) is 1. The molecule has 1 heterocycles. The van der Waals surface area contributed by atoms with Gasteiger partial charge in [0.15, 0.2) is 0 Å². The molecule has 2 unspecified atom stereocenters. The number of anilines is 1. The lowest BCUT2D eigenvalue weighted by Crippen LogP contribution is -2.27. The van der Waals surface area contributed by atoms with Gasteiger partial charge in [-0.2, -0.15) is 0 Å². The first-order chi connectivity index (χ1) is 9.61. The summed E-state index contributed by atoms with van der Waals surface area (Å²) in [6.45, 7) is 2.81. The molecule has 1 aliphatic heterocycles. The van der Waals surface area contributed by atoms with E-state index in [1.165, 1.54) is 0 Å². The van der Waals surface area contributed by atoms with Gasteiger partial charge in [0.1, 0.15) is 0 Å². The second-order valence-corrected chi connectivity index (χ2v) is 5.07. The number of carbonyl (C=O) groups excluding carboxylic acids is 1. The highest BCUT2D eigenvalue weighted by Gasteiger charge is 2.30. The van der Waals surface area contributed by atoms with Crippen molar-refractivity contribution in [2.24, 2.45) is 11.7 Å². The van der Waals surface area contributed by atoms with Crippen LogP contribution in [0.5, 0.6) is 0 Å². The molecule has 0 radical (unpaired) electrons. The Balaban J connectivity index is 2.11. The summed E-state index contributed by atoms with van der Waals surface area (Å²) >= 11 is 6.04. The van der Waals surface area contributed by atoms with Crippen molar-refractivity contribution in [3.05, 3.63) is 28.8 Å². The predicted octanol–water partition coefficient (Wildman–Crippen LogP) is 2.01. The van der Waals surface area contributed by atoms with Gasteiger partial charge >= 0.3 is 0 Å². The number of hydrogen-bond donors (Lipinski definition) is 2. The molecule has 20 heavy (non-hydrogen) atoms. The highest BCUT2D eigenvalue weighted by atomic mass is 35.5. The first kappa shape index (κ1) is 14.9. The molecular weight excluding hydrogens is 276 g/mol. The molecular formula is C15H17ClN2O2. The first-order valence-electron chi connectivity index (χ1n) is 6.52. The Bertz CT molecular complexity index is 563. The van der Waals surface area contributed by atoms with Crippen LogP contribution in [0.15, 0.2) is 18.2 Å². The van der Waals surface area contributed by atoms with Gasteiger partial charge in [-0.1, -0.05) is 23.4 Å². The summed E-state index contributed by atoms with van der Waals surface area (Å²) in [5.41, 5.74) is 6.68. The highest BCUT2D eigenvalue weighted by molar-refractivity contribution is 6.31. The number of carbonyl (C=O) groups is 1. The molecule has 1 aromatic carbocycles. The van der Waals surface area contributed by atoms with Gasteiger partial charge in [-0.25, -0.2) is 0 Å². The van der Waals surface area contributed by atoms with Gasteiger partial charge < -0.3 is 15.8 Å². The summed E-state index contributed by atoms with van der Waals surface area (Å²) in [6, 6.07) is 5.23. The van der Waals surface area contributed by atoms with Crippen LogP contribution < -0.4 is 11.1 Å². The van der Waals surface area contributed by atoms with Crippen molar-refractivity contribution in [2.45, 2.75) is 19.4 Å². The van der Waals surface area contributed by atoms with Gasteiger partial charge in [-0.05, 0) is 31.5 Å². The fraction of sp³-hybridized carbons (Fsp3) is 0.400. The van der Waals surface area contributed by atoms with Crippen molar-refractivity contribution in [3.63, 3.8) is 0 Å². The number of amides is 1. The summed E-state index contributed by atoms with van der Waals surface area (Å²) in [6.07, 6.45) is 0.708. The van der Waals surface area contributed by atoms with Crippen LogP contribution in [0.25, 0.3) is 0 Å². The molecule has 5 heteroatoms. The van der Waals surface area contributed by atoms with E-state index in [9.17, 15) is 4.79 Å². The zero-order valence-corrected chi connectivity index (χ0v) is 12.0. The normalized spacial score (nSPS) is 21.1. The number of ether oxygens (including phenoxy) is 1. The van der Waals surface area contributed by atoms with Crippen LogP contribution in [0, 0.1) is 17.8 Å². The number of halogens is 1. The van der Waals surface area contributed by atoms with Gasteiger partial charge in [-0.3, -0.25) is 4.79 Å². The van der Waals surface area contributed by atoms with E-state index in [0.717, 1.165) is 6.42 Å². The maximum atomic E-state index is 12.2. The Morgan fingerprint density at radius 3 is 3.05 bits per heavy atom. The number of hydrogen-bond acceptors (Lipinski definition) is 3. The van der Waals surface area contributed by atoms with Crippen LogP contribution in [0.1, 0.15) is 18.9 Å². The smallest absolute Gasteiger partial charge is 0.230 e. The number of rotatable bonds is 2. The van der Waals surface area contributed by atoms with E-state index >= 15 is 0 Å². The van der Waals surface area contributed by atoms with Crippen molar-refractivity contribution < 1.29 is 9.53 Å². The molecule has 0 bridgehead atoms. The molecule has 2 atom stereocenters. The lowest BCUT2D eigenvalue weighted by Gasteiger charge is -2.14. The van der Waals surface area contributed by atoms with Crippen LogP contribution in [0.3, 0.4) is 0 Å². The van der Waals surface area contributed by atoms with E-state index in [2.05, 4.69) is 17.2 Å². The summed E-state index contributed by atoms with van der Waals surface area (Å²) < 4.78 is 5.40. The fourth-order valence-corrected chi connectivity index (χ4v) is 2.32. The van der Waals surface area contributed by atoms with Crippen LogP contribution >= 0.6 is 11.6 Å². The van der Waals surface area contributed by atoms with E-state index in [-0.39, 0.29) is 24.5 Å². The van der Waals surface area contributed by atoms with Gasteiger partial charge in [0, 0.05) is 17.9 Å². The summed E-state index contributed by atoms with van der Waals surface area (Å²) in [5.74, 6) is 5.49. The van der Waals surface area contributed by atoms with Gasteiger partial charge in [0.25, 0.3) is 0 Å². The van der Waals surface area contributed by atoms with E-state index in [1.54, 1.807) is 18.2 Å².